The molecule has 1 heterocycles. The van der Waals surface area contributed by atoms with Gasteiger partial charge in [0.05, 0.1) is 0 Å². The van der Waals surface area contributed by atoms with E-state index in [0.29, 0.717) is 5.82 Å². The van der Waals surface area contributed by atoms with Crippen molar-refractivity contribution in [1.29, 1.82) is 0 Å². The first kappa shape index (κ1) is 10.7. The maximum atomic E-state index is 11.5. The van der Waals surface area contributed by atoms with E-state index in [1.165, 1.54) is 15.9 Å². The molecule has 0 aliphatic rings. The van der Waals surface area contributed by atoms with Crippen molar-refractivity contribution in [2.75, 3.05) is 14.1 Å². The maximum absolute atomic E-state index is 11.5. The normalized spacial score (nSPS) is 11.5. The van der Waals surface area contributed by atoms with Crippen LogP contribution in [0.3, 0.4) is 0 Å². The molecule has 5 nitrogen and oxygen atoms in total. The van der Waals surface area contributed by atoms with Crippen molar-refractivity contribution < 1.29 is 4.79 Å². The average Bonchev–Trinajstić information content (AvgIpc) is 2.49. The minimum absolute atomic E-state index is 0.127. The van der Waals surface area contributed by atoms with Gasteiger partial charge in [-0.2, -0.15) is 4.68 Å². The molecule has 1 aromatic heterocycles. The Labute approximate surface area is 83.7 Å². The minimum atomic E-state index is -0.187. The highest BCUT2D eigenvalue weighted by Crippen LogP contribution is 2.16. The van der Waals surface area contributed by atoms with Crippen molar-refractivity contribution in [3.63, 3.8) is 0 Å². The second-order valence-electron chi connectivity index (χ2n) is 4.44. The SMILES string of the molecule is CN(C)C(=O)n1cnc(C(C)(C)C)n1. The highest BCUT2D eigenvalue weighted by Gasteiger charge is 2.20. The van der Waals surface area contributed by atoms with Crippen molar-refractivity contribution >= 4 is 6.03 Å². The fourth-order valence-electron chi connectivity index (χ4n) is 0.904. The number of hydrogen-bond donors (Lipinski definition) is 0. The molecule has 0 saturated carbocycles. The van der Waals surface area contributed by atoms with Gasteiger partial charge < -0.3 is 4.90 Å². The van der Waals surface area contributed by atoms with Gasteiger partial charge in [0, 0.05) is 19.5 Å². The van der Waals surface area contributed by atoms with Crippen LogP contribution in [0.4, 0.5) is 4.79 Å². The highest BCUT2D eigenvalue weighted by molar-refractivity contribution is 5.74. The molecule has 0 radical (unpaired) electrons. The van der Waals surface area contributed by atoms with E-state index in [1.807, 2.05) is 20.8 Å². The molecular formula is C9H16N4O. The predicted molar refractivity (Wildman–Crippen MR) is 53.2 cm³/mol. The van der Waals surface area contributed by atoms with Gasteiger partial charge >= 0.3 is 6.03 Å². The van der Waals surface area contributed by atoms with Gasteiger partial charge in [-0.05, 0) is 0 Å². The lowest BCUT2D eigenvalue weighted by atomic mass is 9.96. The number of hydrogen-bond acceptors (Lipinski definition) is 3. The molecule has 0 aromatic carbocycles. The minimum Gasteiger partial charge on any atom is -0.329 e. The molecule has 0 aliphatic carbocycles. The van der Waals surface area contributed by atoms with E-state index in [-0.39, 0.29) is 11.4 Å². The average molecular weight is 196 g/mol. The van der Waals surface area contributed by atoms with Crippen LogP contribution >= 0.6 is 0 Å². The second-order valence-corrected chi connectivity index (χ2v) is 4.44. The molecule has 0 atom stereocenters. The molecule has 0 unspecified atom stereocenters. The number of carbonyl (C=O) groups is 1. The Morgan fingerprint density at radius 2 is 2.00 bits per heavy atom. The number of amides is 1. The van der Waals surface area contributed by atoms with Crippen LogP contribution in [-0.4, -0.2) is 39.8 Å². The van der Waals surface area contributed by atoms with Gasteiger partial charge in [-0.1, -0.05) is 20.8 Å². The van der Waals surface area contributed by atoms with E-state index in [4.69, 9.17) is 0 Å². The van der Waals surface area contributed by atoms with Gasteiger partial charge in [-0.25, -0.2) is 9.78 Å². The lowest BCUT2D eigenvalue weighted by Crippen LogP contribution is -2.28. The number of rotatable bonds is 0. The lowest BCUT2D eigenvalue weighted by molar-refractivity contribution is 0.215. The Hall–Kier alpha value is -1.39. The molecule has 0 saturated heterocycles. The van der Waals surface area contributed by atoms with E-state index in [2.05, 4.69) is 10.1 Å². The van der Waals surface area contributed by atoms with E-state index in [0.717, 1.165) is 0 Å². The van der Waals surface area contributed by atoms with Crippen LogP contribution < -0.4 is 0 Å². The molecule has 0 N–H and O–H groups in total. The van der Waals surface area contributed by atoms with Gasteiger partial charge in [0.15, 0.2) is 5.82 Å². The van der Waals surface area contributed by atoms with E-state index in [1.54, 1.807) is 14.1 Å². The Morgan fingerprint density at radius 3 is 2.36 bits per heavy atom. The van der Waals surface area contributed by atoms with Crippen molar-refractivity contribution in [2.45, 2.75) is 26.2 Å². The van der Waals surface area contributed by atoms with Crippen LogP contribution in [0.5, 0.6) is 0 Å². The number of nitrogens with zero attached hydrogens (tertiary/aromatic N) is 4. The monoisotopic (exact) mass is 196 g/mol. The zero-order chi connectivity index (χ0) is 10.9. The Bertz CT molecular complexity index is 335. The van der Waals surface area contributed by atoms with Gasteiger partial charge in [0.1, 0.15) is 6.33 Å². The summed E-state index contributed by atoms with van der Waals surface area (Å²) in [6, 6.07) is -0.187. The maximum Gasteiger partial charge on any atom is 0.345 e. The summed E-state index contributed by atoms with van der Waals surface area (Å²) in [5.74, 6) is 0.674. The van der Waals surface area contributed by atoms with Crippen molar-refractivity contribution in [3.05, 3.63) is 12.2 Å². The zero-order valence-electron chi connectivity index (χ0n) is 9.27. The van der Waals surface area contributed by atoms with Gasteiger partial charge in [-0.3, -0.25) is 0 Å². The molecule has 1 amide bonds. The standard InChI is InChI=1S/C9H16N4O/c1-9(2,3)7-10-6-13(11-7)8(14)12(4)5/h6H,1-5H3. The summed E-state index contributed by atoms with van der Waals surface area (Å²) in [7, 11) is 3.36. The zero-order valence-corrected chi connectivity index (χ0v) is 9.27. The van der Waals surface area contributed by atoms with Crippen LogP contribution in [0, 0.1) is 0 Å². The molecule has 78 valence electrons. The molecule has 0 bridgehead atoms. The first-order chi connectivity index (χ1) is 6.32. The summed E-state index contributed by atoms with van der Waals surface area (Å²) in [4.78, 5) is 17.0. The molecular weight excluding hydrogens is 180 g/mol. The van der Waals surface area contributed by atoms with Crippen molar-refractivity contribution in [1.82, 2.24) is 19.7 Å². The summed E-state index contributed by atoms with van der Waals surface area (Å²) in [5.41, 5.74) is -0.127. The van der Waals surface area contributed by atoms with Gasteiger partial charge in [0.2, 0.25) is 0 Å². The van der Waals surface area contributed by atoms with Crippen molar-refractivity contribution in [2.24, 2.45) is 0 Å². The third-order valence-corrected chi connectivity index (χ3v) is 1.74. The largest absolute Gasteiger partial charge is 0.345 e. The fourth-order valence-corrected chi connectivity index (χ4v) is 0.904. The van der Waals surface area contributed by atoms with Gasteiger partial charge in [-0.15, -0.1) is 5.10 Å². The van der Waals surface area contributed by atoms with Gasteiger partial charge in [0.25, 0.3) is 0 Å². The first-order valence-electron chi connectivity index (χ1n) is 4.46. The molecule has 1 aromatic rings. The second kappa shape index (κ2) is 3.40. The summed E-state index contributed by atoms with van der Waals surface area (Å²) in [6.45, 7) is 6.02. The van der Waals surface area contributed by atoms with Crippen LogP contribution in [0.2, 0.25) is 0 Å². The Kier molecular flexibility index (Phi) is 2.59. The van der Waals surface area contributed by atoms with E-state index in [9.17, 15) is 4.79 Å². The van der Waals surface area contributed by atoms with Crippen LogP contribution in [-0.2, 0) is 5.41 Å². The molecule has 14 heavy (non-hydrogen) atoms. The summed E-state index contributed by atoms with van der Waals surface area (Å²) < 4.78 is 1.25. The predicted octanol–water partition coefficient (Wildman–Crippen LogP) is 1.11. The van der Waals surface area contributed by atoms with Crippen LogP contribution in [0.25, 0.3) is 0 Å². The van der Waals surface area contributed by atoms with Crippen LogP contribution in [0.15, 0.2) is 6.33 Å². The molecule has 0 spiro atoms. The number of aromatic nitrogens is 3. The molecule has 1 rings (SSSR count). The molecule has 5 heteroatoms. The Morgan fingerprint density at radius 1 is 1.43 bits per heavy atom. The summed E-state index contributed by atoms with van der Waals surface area (Å²) in [5, 5.41) is 4.12. The highest BCUT2D eigenvalue weighted by atomic mass is 16.2. The summed E-state index contributed by atoms with van der Waals surface area (Å²) in [6.07, 6.45) is 1.45. The summed E-state index contributed by atoms with van der Waals surface area (Å²) >= 11 is 0. The van der Waals surface area contributed by atoms with E-state index >= 15 is 0 Å². The third-order valence-electron chi connectivity index (χ3n) is 1.74. The quantitative estimate of drug-likeness (QED) is 0.624. The fraction of sp³-hybridized carbons (Fsp3) is 0.667. The van der Waals surface area contributed by atoms with E-state index < -0.39 is 0 Å². The third kappa shape index (κ3) is 2.10. The van der Waals surface area contributed by atoms with Crippen molar-refractivity contribution in [3.8, 4) is 0 Å². The number of carbonyl (C=O) groups excluding carboxylic acids is 1. The topological polar surface area (TPSA) is 51.0 Å². The lowest BCUT2D eigenvalue weighted by Gasteiger charge is -2.13. The first-order valence-corrected chi connectivity index (χ1v) is 4.46. The molecule has 0 fully saturated rings. The Balaban J connectivity index is 2.95. The molecule has 0 aliphatic heterocycles. The smallest absolute Gasteiger partial charge is 0.329 e. The van der Waals surface area contributed by atoms with Crippen LogP contribution in [0.1, 0.15) is 26.6 Å².